The summed E-state index contributed by atoms with van der Waals surface area (Å²) >= 11 is 0. The molecule has 1 aromatic carbocycles. The van der Waals surface area contributed by atoms with Crippen molar-refractivity contribution in [3.63, 3.8) is 0 Å². The molecule has 1 aliphatic carbocycles. The van der Waals surface area contributed by atoms with Crippen LogP contribution in [0.25, 0.3) is 0 Å². The molecule has 1 saturated heterocycles. The van der Waals surface area contributed by atoms with E-state index in [9.17, 15) is 0 Å². The molecule has 2 aliphatic rings. The van der Waals surface area contributed by atoms with Gasteiger partial charge in [-0.2, -0.15) is 0 Å². The summed E-state index contributed by atoms with van der Waals surface area (Å²) in [4.78, 5) is 2.68. The van der Waals surface area contributed by atoms with Gasteiger partial charge in [-0.3, -0.25) is 4.90 Å². The van der Waals surface area contributed by atoms with Crippen LogP contribution in [0.5, 0.6) is 0 Å². The number of nitrogens with one attached hydrogen (secondary N) is 1. The monoisotopic (exact) mass is 272 g/mol. The van der Waals surface area contributed by atoms with E-state index < -0.39 is 0 Å². The van der Waals surface area contributed by atoms with Gasteiger partial charge in [0, 0.05) is 30.6 Å². The van der Waals surface area contributed by atoms with Crippen molar-refractivity contribution in [2.75, 3.05) is 19.6 Å². The van der Waals surface area contributed by atoms with Gasteiger partial charge in [-0.1, -0.05) is 37.3 Å². The number of hydrogen-bond acceptors (Lipinski definition) is 2. The Bertz CT molecular complexity index is 426. The van der Waals surface area contributed by atoms with Gasteiger partial charge in [0.15, 0.2) is 0 Å². The van der Waals surface area contributed by atoms with Gasteiger partial charge in [0.05, 0.1) is 0 Å². The van der Waals surface area contributed by atoms with Crippen LogP contribution in [0.15, 0.2) is 30.3 Å². The highest BCUT2D eigenvalue weighted by Gasteiger charge is 2.34. The highest BCUT2D eigenvalue weighted by Crippen LogP contribution is 2.29. The third-order valence-electron chi connectivity index (χ3n) is 5.07. The van der Waals surface area contributed by atoms with E-state index >= 15 is 0 Å². The van der Waals surface area contributed by atoms with E-state index in [0.29, 0.717) is 0 Å². The summed E-state index contributed by atoms with van der Waals surface area (Å²) in [6, 6.07) is 12.6. The van der Waals surface area contributed by atoms with Gasteiger partial charge in [0.25, 0.3) is 0 Å². The van der Waals surface area contributed by atoms with Crippen molar-refractivity contribution in [2.24, 2.45) is 0 Å². The standard InChI is InChI=1S/C18H28N2/c1-15-7-6-12-20(15)14-18(2,13-19-17-10-11-17)16-8-4-3-5-9-16/h3-5,8-9,15,17,19H,6-7,10-14H2,1-2H3. The topological polar surface area (TPSA) is 15.3 Å². The van der Waals surface area contributed by atoms with Gasteiger partial charge in [0.1, 0.15) is 0 Å². The SMILES string of the molecule is CC1CCCN1CC(C)(CNC1CC1)c1ccccc1. The molecule has 110 valence electrons. The Morgan fingerprint density at radius 1 is 1.20 bits per heavy atom. The van der Waals surface area contributed by atoms with Crippen LogP contribution >= 0.6 is 0 Å². The number of rotatable bonds is 6. The van der Waals surface area contributed by atoms with E-state index in [4.69, 9.17) is 0 Å². The van der Waals surface area contributed by atoms with Gasteiger partial charge in [0.2, 0.25) is 0 Å². The average molecular weight is 272 g/mol. The molecular weight excluding hydrogens is 244 g/mol. The largest absolute Gasteiger partial charge is 0.313 e. The van der Waals surface area contributed by atoms with Crippen molar-refractivity contribution in [1.82, 2.24) is 10.2 Å². The number of likely N-dealkylation sites (tertiary alicyclic amines) is 1. The lowest BCUT2D eigenvalue weighted by Gasteiger charge is -2.36. The fourth-order valence-electron chi connectivity index (χ4n) is 3.42. The quantitative estimate of drug-likeness (QED) is 0.855. The number of nitrogens with zero attached hydrogens (tertiary/aromatic N) is 1. The second-order valence-electron chi connectivity index (χ2n) is 7.04. The maximum Gasteiger partial charge on any atom is 0.0177 e. The molecule has 1 aromatic rings. The Morgan fingerprint density at radius 3 is 2.55 bits per heavy atom. The van der Waals surface area contributed by atoms with Crippen molar-refractivity contribution in [2.45, 2.75) is 57.0 Å². The summed E-state index contributed by atoms with van der Waals surface area (Å²) in [5.41, 5.74) is 1.70. The molecule has 1 heterocycles. The van der Waals surface area contributed by atoms with E-state index in [1.54, 1.807) is 0 Å². The highest BCUT2D eigenvalue weighted by molar-refractivity contribution is 5.26. The van der Waals surface area contributed by atoms with Gasteiger partial charge >= 0.3 is 0 Å². The third kappa shape index (κ3) is 3.24. The second-order valence-corrected chi connectivity index (χ2v) is 7.04. The Hall–Kier alpha value is -0.860. The van der Waals surface area contributed by atoms with E-state index in [1.165, 1.54) is 44.3 Å². The van der Waals surface area contributed by atoms with E-state index in [0.717, 1.165) is 18.6 Å². The summed E-state index contributed by atoms with van der Waals surface area (Å²) in [5.74, 6) is 0. The predicted octanol–water partition coefficient (Wildman–Crippen LogP) is 3.18. The molecule has 2 nitrogen and oxygen atoms in total. The molecule has 0 aromatic heterocycles. The summed E-state index contributed by atoms with van der Waals surface area (Å²) in [6.45, 7) is 8.37. The van der Waals surface area contributed by atoms with Gasteiger partial charge in [-0.05, 0) is 44.7 Å². The van der Waals surface area contributed by atoms with Crippen LogP contribution in [-0.4, -0.2) is 36.6 Å². The van der Waals surface area contributed by atoms with Crippen LogP contribution in [0.3, 0.4) is 0 Å². The number of benzene rings is 1. The van der Waals surface area contributed by atoms with E-state index in [2.05, 4.69) is 54.4 Å². The van der Waals surface area contributed by atoms with Gasteiger partial charge in [-0.15, -0.1) is 0 Å². The van der Waals surface area contributed by atoms with Crippen molar-refractivity contribution in [3.05, 3.63) is 35.9 Å². The molecule has 0 amide bonds. The molecule has 0 bridgehead atoms. The van der Waals surface area contributed by atoms with Crippen molar-refractivity contribution in [1.29, 1.82) is 0 Å². The highest BCUT2D eigenvalue weighted by atomic mass is 15.2. The lowest BCUT2D eigenvalue weighted by molar-refractivity contribution is 0.205. The van der Waals surface area contributed by atoms with Crippen LogP contribution in [0.4, 0.5) is 0 Å². The molecule has 1 N–H and O–H groups in total. The smallest absolute Gasteiger partial charge is 0.0177 e. The molecule has 1 aliphatic heterocycles. The summed E-state index contributed by atoms with van der Waals surface area (Å²) in [5, 5.41) is 3.76. The zero-order chi connectivity index (χ0) is 14.0. The minimum atomic E-state index is 0.225. The lowest BCUT2D eigenvalue weighted by Crippen LogP contribution is -2.46. The first-order chi connectivity index (χ1) is 9.67. The van der Waals surface area contributed by atoms with Crippen LogP contribution in [0.1, 0.15) is 45.1 Å². The van der Waals surface area contributed by atoms with Crippen molar-refractivity contribution >= 4 is 0 Å². The third-order valence-corrected chi connectivity index (χ3v) is 5.07. The molecule has 2 atom stereocenters. The minimum absolute atomic E-state index is 0.225. The Labute approximate surface area is 123 Å². The zero-order valence-corrected chi connectivity index (χ0v) is 12.9. The molecule has 2 unspecified atom stereocenters. The first kappa shape index (κ1) is 14.1. The Kier molecular flexibility index (Phi) is 4.13. The summed E-state index contributed by atoms with van der Waals surface area (Å²) in [6.07, 6.45) is 5.46. The zero-order valence-electron chi connectivity index (χ0n) is 12.9. The Morgan fingerprint density at radius 2 is 1.95 bits per heavy atom. The average Bonchev–Trinajstić information content (AvgIpc) is 3.22. The molecule has 0 radical (unpaired) electrons. The summed E-state index contributed by atoms with van der Waals surface area (Å²) in [7, 11) is 0. The molecule has 3 rings (SSSR count). The van der Waals surface area contributed by atoms with Gasteiger partial charge in [-0.25, -0.2) is 0 Å². The normalized spacial score (nSPS) is 26.6. The van der Waals surface area contributed by atoms with Crippen LogP contribution in [0, 0.1) is 0 Å². The fourth-order valence-corrected chi connectivity index (χ4v) is 3.42. The first-order valence-electron chi connectivity index (χ1n) is 8.20. The lowest BCUT2D eigenvalue weighted by atomic mass is 9.81. The first-order valence-corrected chi connectivity index (χ1v) is 8.20. The molecule has 20 heavy (non-hydrogen) atoms. The molecule has 2 fully saturated rings. The molecule has 2 heteroatoms. The fraction of sp³-hybridized carbons (Fsp3) is 0.667. The van der Waals surface area contributed by atoms with Crippen molar-refractivity contribution < 1.29 is 0 Å². The van der Waals surface area contributed by atoms with Crippen LogP contribution in [-0.2, 0) is 5.41 Å². The second kappa shape index (κ2) is 5.87. The van der Waals surface area contributed by atoms with E-state index in [-0.39, 0.29) is 5.41 Å². The number of hydrogen-bond donors (Lipinski definition) is 1. The molecular formula is C18H28N2. The molecule has 1 saturated carbocycles. The minimum Gasteiger partial charge on any atom is -0.313 e. The van der Waals surface area contributed by atoms with Crippen LogP contribution in [0.2, 0.25) is 0 Å². The summed E-state index contributed by atoms with van der Waals surface area (Å²) < 4.78 is 0. The maximum atomic E-state index is 3.76. The van der Waals surface area contributed by atoms with Crippen LogP contribution < -0.4 is 5.32 Å². The predicted molar refractivity (Wildman–Crippen MR) is 85.1 cm³/mol. The molecule has 0 spiro atoms. The Balaban J connectivity index is 1.74. The van der Waals surface area contributed by atoms with Crippen molar-refractivity contribution in [3.8, 4) is 0 Å². The maximum absolute atomic E-state index is 3.76. The van der Waals surface area contributed by atoms with Gasteiger partial charge < -0.3 is 5.32 Å². The van der Waals surface area contributed by atoms with E-state index in [1.807, 2.05) is 0 Å².